The number of amides is 2. The predicted octanol–water partition coefficient (Wildman–Crippen LogP) is 4.87. The van der Waals surface area contributed by atoms with Crippen molar-refractivity contribution in [1.29, 1.82) is 0 Å². The average molecular weight is 393 g/mol. The number of aryl methyl sites for hydroxylation is 1. The van der Waals surface area contributed by atoms with Gasteiger partial charge in [-0.1, -0.05) is 47.5 Å². The number of hydrogen-bond acceptors (Lipinski definition) is 2. The Morgan fingerprint density at radius 2 is 1.54 bits per heavy atom. The van der Waals surface area contributed by atoms with Crippen molar-refractivity contribution in [3.8, 4) is 0 Å². The third kappa shape index (κ3) is 5.44. The van der Waals surface area contributed by atoms with Crippen molar-refractivity contribution < 1.29 is 9.59 Å². The molecule has 0 atom stereocenters. The highest BCUT2D eigenvalue weighted by molar-refractivity contribution is 6.30. The van der Waals surface area contributed by atoms with Gasteiger partial charge in [-0.2, -0.15) is 0 Å². The van der Waals surface area contributed by atoms with Crippen LogP contribution in [0.1, 0.15) is 31.8 Å². The van der Waals surface area contributed by atoms with Crippen LogP contribution in [0.25, 0.3) is 0 Å². The second kappa shape index (κ2) is 9.20. The molecule has 28 heavy (non-hydrogen) atoms. The van der Waals surface area contributed by atoms with Crippen molar-refractivity contribution in [1.82, 2.24) is 5.32 Å². The van der Waals surface area contributed by atoms with Crippen LogP contribution in [0.2, 0.25) is 5.02 Å². The van der Waals surface area contributed by atoms with Gasteiger partial charge in [-0.15, -0.1) is 0 Å². The standard InChI is InChI=1S/C23H21ClN2O2/c1-16-8-10-21(11-9-16)26-23(28)19-6-3-5-18(15-19)22(27)25-13-12-17-4-2-7-20(24)14-17/h2-11,14-15H,12-13H2,1H3,(H,25,27)(H,26,28). The molecule has 2 N–H and O–H groups in total. The number of carbonyl (C=O) groups is 2. The molecule has 0 bridgehead atoms. The van der Waals surface area contributed by atoms with E-state index in [9.17, 15) is 9.59 Å². The van der Waals surface area contributed by atoms with E-state index >= 15 is 0 Å². The molecule has 5 heteroatoms. The fourth-order valence-electron chi connectivity index (χ4n) is 2.76. The van der Waals surface area contributed by atoms with Gasteiger partial charge >= 0.3 is 0 Å². The molecule has 3 rings (SSSR count). The van der Waals surface area contributed by atoms with E-state index in [1.807, 2.05) is 55.5 Å². The van der Waals surface area contributed by atoms with E-state index in [0.29, 0.717) is 34.8 Å². The molecule has 0 saturated carbocycles. The number of benzene rings is 3. The Morgan fingerprint density at radius 1 is 0.857 bits per heavy atom. The summed E-state index contributed by atoms with van der Waals surface area (Å²) >= 11 is 5.97. The molecule has 2 amide bonds. The van der Waals surface area contributed by atoms with Crippen LogP contribution in [0.3, 0.4) is 0 Å². The van der Waals surface area contributed by atoms with E-state index in [1.165, 1.54) is 0 Å². The lowest BCUT2D eigenvalue weighted by Crippen LogP contribution is -2.26. The summed E-state index contributed by atoms with van der Waals surface area (Å²) in [6.07, 6.45) is 0.680. The highest BCUT2D eigenvalue weighted by atomic mass is 35.5. The summed E-state index contributed by atoms with van der Waals surface area (Å²) in [6.45, 7) is 2.47. The maximum atomic E-state index is 12.4. The van der Waals surface area contributed by atoms with Gasteiger partial charge in [0.1, 0.15) is 0 Å². The van der Waals surface area contributed by atoms with Crippen LogP contribution in [-0.2, 0) is 6.42 Å². The minimum atomic E-state index is -0.252. The van der Waals surface area contributed by atoms with E-state index < -0.39 is 0 Å². The fraction of sp³-hybridized carbons (Fsp3) is 0.130. The quantitative estimate of drug-likeness (QED) is 0.628. The normalized spacial score (nSPS) is 10.4. The Kier molecular flexibility index (Phi) is 6.45. The number of rotatable bonds is 6. The van der Waals surface area contributed by atoms with Gasteiger partial charge in [0.05, 0.1) is 0 Å². The number of halogens is 1. The molecule has 3 aromatic rings. The minimum absolute atomic E-state index is 0.216. The molecule has 0 aliphatic carbocycles. The summed E-state index contributed by atoms with van der Waals surface area (Å²) in [4.78, 5) is 24.9. The van der Waals surface area contributed by atoms with Gasteiger partial charge < -0.3 is 10.6 Å². The van der Waals surface area contributed by atoms with Crippen LogP contribution < -0.4 is 10.6 Å². The van der Waals surface area contributed by atoms with Gasteiger partial charge in [-0.25, -0.2) is 0 Å². The van der Waals surface area contributed by atoms with Gasteiger partial charge in [-0.3, -0.25) is 9.59 Å². The zero-order valence-electron chi connectivity index (χ0n) is 15.5. The smallest absolute Gasteiger partial charge is 0.255 e. The SMILES string of the molecule is Cc1ccc(NC(=O)c2cccc(C(=O)NCCc3cccc(Cl)c3)c2)cc1. The van der Waals surface area contributed by atoms with Crippen molar-refractivity contribution in [3.63, 3.8) is 0 Å². The first-order valence-electron chi connectivity index (χ1n) is 9.02. The highest BCUT2D eigenvalue weighted by Crippen LogP contribution is 2.13. The zero-order valence-corrected chi connectivity index (χ0v) is 16.3. The lowest BCUT2D eigenvalue weighted by atomic mass is 10.1. The highest BCUT2D eigenvalue weighted by Gasteiger charge is 2.11. The molecule has 0 spiro atoms. The molecule has 0 unspecified atom stereocenters. The molecule has 0 heterocycles. The fourth-order valence-corrected chi connectivity index (χ4v) is 2.97. The molecular formula is C23H21ClN2O2. The number of anilines is 1. The molecular weight excluding hydrogens is 372 g/mol. The van der Waals surface area contributed by atoms with E-state index in [4.69, 9.17) is 11.6 Å². The molecule has 0 aliphatic heterocycles. The summed E-state index contributed by atoms with van der Waals surface area (Å²) in [5.74, 6) is -0.468. The van der Waals surface area contributed by atoms with Crippen molar-refractivity contribution in [2.75, 3.05) is 11.9 Å². The second-order valence-electron chi connectivity index (χ2n) is 6.54. The zero-order chi connectivity index (χ0) is 19.9. The Balaban J connectivity index is 1.59. The molecule has 0 aliphatic rings. The molecule has 142 valence electrons. The van der Waals surface area contributed by atoms with Crippen molar-refractivity contribution in [2.45, 2.75) is 13.3 Å². The second-order valence-corrected chi connectivity index (χ2v) is 6.97. The molecule has 4 nitrogen and oxygen atoms in total. The summed E-state index contributed by atoms with van der Waals surface area (Å²) in [5.41, 5.74) is 3.77. The molecule has 0 fully saturated rings. The third-order valence-corrected chi connectivity index (χ3v) is 4.52. The lowest BCUT2D eigenvalue weighted by Gasteiger charge is -2.09. The van der Waals surface area contributed by atoms with E-state index in [0.717, 1.165) is 11.1 Å². The monoisotopic (exact) mass is 392 g/mol. The first kappa shape index (κ1) is 19.6. The summed E-state index contributed by atoms with van der Waals surface area (Å²) in [6, 6.07) is 21.8. The summed E-state index contributed by atoms with van der Waals surface area (Å²) < 4.78 is 0. The van der Waals surface area contributed by atoms with Crippen molar-refractivity contribution >= 4 is 29.1 Å². The van der Waals surface area contributed by atoms with Gasteiger partial charge in [0.2, 0.25) is 0 Å². The largest absolute Gasteiger partial charge is 0.352 e. The van der Waals surface area contributed by atoms with Gasteiger partial charge in [-0.05, 0) is 61.4 Å². The summed E-state index contributed by atoms with van der Waals surface area (Å²) in [7, 11) is 0. The van der Waals surface area contributed by atoms with Crippen molar-refractivity contribution in [3.05, 3.63) is 100 Å². The molecule has 0 aromatic heterocycles. The predicted molar refractivity (Wildman–Crippen MR) is 113 cm³/mol. The van der Waals surface area contributed by atoms with Crippen LogP contribution in [-0.4, -0.2) is 18.4 Å². The van der Waals surface area contributed by atoms with Crippen LogP contribution in [0.5, 0.6) is 0 Å². The number of hydrogen-bond donors (Lipinski definition) is 2. The Hall–Kier alpha value is -3.11. The number of carbonyl (C=O) groups excluding carboxylic acids is 2. The molecule has 0 radical (unpaired) electrons. The Morgan fingerprint density at radius 3 is 2.25 bits per heavy atom. The first-order valence-corrected chi connectivity index (χ1v) is 9.40. The maximum absolute atomic E-state index is 12.4. The van der Waals surface area contributed by atoms with E-state index in [2.05, 4.69) is 10.6 Å². The Bertz CT molecular complexity index is 984. The topological polar surface area (TPSA) is 58.2 Å². The van der Waals surface area contributed by atoms with Crippen molar-refractivity contribution in [2.24, 2.45) is 0 Å². The van der Waals surface area contributed by atoms with Crippen LogP contribution in [0, 0.1) is 6.92 Å². The maximum Gasteiger partial charge on any atom is 0.255 e. The molecule has 0 saturated heterocycles. The van der Waals surface area contributed by atoms with Gasteiger partial charge in [0.15, 0.2) is 0 Å². The average Bonchev–Trinajstić information content (AvgIpc) is 2.70. The van der Waals surface area contributed by atoms with Crippen LogP contribution in [0.4, 0.5) is 5.69 Å². The lowest BCUT2D eigenvalue weighted by molar-refractivity contribution is 0.0954. The molecule has 3 aromatic carbocycles. The van der Waals surface area contributed by atoms with E-state index in [1.54, 1.807) is 24.3 Å². The Labute approximate surface area is 169 Å². The number of nitrogens with one attached hydrogen (secondary N) is 2. The van der Waals surface area contributed by atoms with Crippen LogP contribution >= 0.6 is 11.6 Å². The van der Waals surface area contributed by atoms with Gasteiger partial charge in [0, 0.05) is 28.4 Å². The summed E-state index contributed by atoms with van der Waals surface area (Å²) in [5, 5.41) is 6.39. The third-order valence-electron chi connectivity index (χ3n) is 4.28. The minimum Gasteiger partial charge on any atom is -0.352 e. The van der Waals surface area contributed by atoms with E-state index in [-0.39, 0.29) is 11.8 Å². The van der Waals surface area contributed by atoms with Gasteiger partial charge in [0.25, 0.3) is 11.8 Å². The first-order chi connectivity index (χ1) is 13.5. The van der Waals surface area contributed by atoms with Crippen LogP contribution in [0.15, 0.2) is 72.8 Å².